The zero-order chi connectivity index (χ0) is 22.1. The molecule has 164 valence electrons. The van der Waals surface area contributed by atoms with E-state index in [9.17, 15) is 4.79 Å². The lowest BCUT2D eigenvalue weighted by Gasteiger charge is -2.15. The third kappa shape index (κ3) is 6.55. The Morgan fingerprint density at radius 2 is 1.81 bits per heavy atom. The molecule has 0 fully saturated rings. The fourth-order valence-corrected chi connectivity index (χ4v) is 3.89. The summed E-state index contributed by atoms with van der Waals surface area (Å²) in [5.74, 6) is 2.10. The summed E-state index contributed by atoms with van der Waals surface area (Å²) >= 11 is 0. The highest BCUT2D eigenvalue weighted by Gasteiger charge is 2.13. The van der Waals surface area contributed by atoms with E-state index < -0.39 is 0 Å². The van der Waals surface area contributed by atoms with Crippen molar-refractivity contribution in [2.24, 2.45) is 0 Å². The van der Waals surface area contributed by atoms with Crippen LogP contribution in [0.25, 0.3) is 11.5 Å². The molecular weight excluding hydrogens is 384 g/mol. The lowest BCUT2D eigenvalue weighted by atomic mass is 9.93. The summed E-state index contributed by atoms with van der Waals surface area (Å²) in [6.07, 6.45) is 5.09. The molecule has 1 N–H and O–H groups in total. The van der Waals surface area contributed by atoms with E-state index in [2.05, 4.69) is 72.7 Å². The van der Waals surface area contributed by atoms with Gasteiger partial charge in [-0.05, 0) is 68.2 Å². The van der Waals surface area contributed by atoms with E-state index in [4.69, 9.17) is 4.42 Å². The lowest BCUT2D eigenvalue weighted by Crippen LogP contribution is -2.25. The van der Waals surface area contributed by atoms with E-state index in [-0.39, 0.29) is 5.91 Å². The van der Waals surface area contributed by atoms with Gasteiger partial charge in [-0.2, -0.15) is 0 Å². The highest BCUT2D eigenvalue weighted by atomic mass is 16.4. The Morgan fingerprint density at radius 3 is 2.48 bits per heavy atom. The fourth-order valence-electron chi connectivity index (χ4n) is 3.89. The molecule has 0 aliphatic carbocycles. The predicted molar refractivity (Wildman–Crippen MR) is 126 cm³/mol. The molecule has 1 atom stereocenters. The van der Waals surface area contributed by atoms with Gasteiger partial charge in [-0.15, -0.1) is 0 Å². The second-order valence-corrected chi connectivity index (χ2v) is 8.08. The molecule has 0 spiro atoms. The van der Waals surface area contributed by atoms with Crippen molar-refractivity contribution >= 4 is 5.91 Å². The van der Waals surface area contributed by atoms with Crippen molar-refractivity contribution in [2.45, 2.75) is 65.2 Å². The van der Waals surface area contributed by atoms with Crippen LogP contribution in [0.15, 0.2) is 59.0 Å². The van der Waals surface area contributed by atoms with Crippen molar-refractivity contribution in [1.82, 2.24) is 10.3 Å². The number of amides is 1. The molecule has 1 amide bonds. The number of carbonyl (C=O) groups is 1. The zero-order valence-corrected chi connectivity index (χ0v) is 19.0. The van der Waals surface area contributed by atoms with Crippen molar-refractivity contribution in [3.8, 4) is 11.5 Å². The molecule has 31 heavy (non-hydrogen) atoms. The summed E-state index contributed by atoms with van der Waals surface area (Å²) in [5, 5.41) is 3.08. The molecule has 0 bridgehead atoms. The summed E-state index contributed by atoms with van der Waals surface area (Å²) in [5.41, 5.74) is 4.58. The van der Waals surface area contributed by atoms with Gasteiger partial charge in [0, 0.05) is 18.5 Å². The van der Waals surface area contributed by atoms with E-state index in [1.165, 1.54) is 11.1 Å². The number of aryl methyl sites for hydroxylation is 3. The normalized spacial score (nSPS) is 12.0. The van der Waals surface area contributed by atoms with Gasteiger partial charge in [0.15, 0.2) is 0 Å². The Kier molecular flexibility index (Phi) is 8.45. The van der Waals surface area contributed by atoms with Crippen LogP contribution in [0, 0.1) is 6.92 Å². The fraction of sp³-hybridized carbons (Fsp3) is 0.407. The molecule has 0 aliphatic rings. The van der Waals surface area contributed by atoms with E-state index in [1.54, 1.807) is 0 Å². The molecule has 0 saturated heterocycles. The molecule has 1 heterocycles. The second-order valence-electron chi connectivity index (χ2n) is 8.08. The minimum atomic E-state index is 0.111. The maximum absolute atomic E-state index is 12.3. The molecule has 0 saturated carbocycles. The molecule has 1 unspecified atom stereocenters. The molecule has 3 rings (SSSR count). The zero-order valence-electron chi connectivity index (χ0n) is 19.0. The number of nitrogens with zero attached hydrogens (tertiary/aromatic N) is 1. The van der Waals surface area contributed by atoms with Gasteiger partial charge in [0.2, 0.25) is 11.8 Å². The minimum absolute atomic E-state index is 0.111. The van der Waals surface area contributed by atoms with Gasteiger partial charge in [0.1, 0.15) is 5.76 Å². The third-order valence-electron chi connectivity index (χ3n) is 5.90. The number of nitrogens with one attached hydrogen (secondary N) is 1. The third-order valence-corrected chi connectivity index (χ3v) is 5.90. The largest absolute Gasteiger partial charge is 0.441 e. The molecule has 3 aromatic rings. The standard InChI is InChI=1S/C27H34N2O2/c1-4-21-14-16-24(17-15-21)27-29-25(20(3)31-27)12-9-13-26(30)28-19-18-22(5-2)23-10-7-6-8-11-23/h6-8,10-11,14-17,22H,4-5,9,12-13,18-19H2,1-3H3,(H,28,30). The Hall–Kier alpha value is -2.88. The van der Waals surface area contributed by atoms with Crippen LogP contribution >= 0.6 is 0 Å². The quantitative estimate of drug-likeness (QED) is 0.401. The van der Waals surface area contributed by atoms with E-state index in [0.717, 1.165) is 49.1 Å². The van der Waals surface area contributed by atoms with Crippen molar-refractivity contribution in [3.05, 3.63) is 77.2 Å². The summed E-state index contributed by atoms with van der Waals surface area (Å²) in [7, 11) is 0. The molecule has 0 radical (unpaired) electrons. The van der Waals surface area contributed by atoms with Gasteiger partial charge < -0.3 is 9.73 Å². The van der Waals surface area contributed by atoms with Gasteiger partial charge in [-0.3, -0.25) is 4.79 Å². The Morgan fingerprint density at radius 1 is 1.06 bits per heavy atom. The van der Waals surface area contributed by atoms with Gasteiger partial charge in [-0.25, -0.2) is 4.98 Å². The Bertz CT molecular complexity index is 945. The van der Waals surface area contributed by atoms with E-state index in [1.807, 2.05) is 13.0 Å². The van der Waals surface area contributed by atoms with Crippen molar-refractivity contribution < 1.29 is 9.21 Å². The smallest absolute Gasteiger partial charge is 0.226 e. The number of benzene rings is 2. The monoisotopic (exact) mass is 418 g/mol. The SMILES string of the molecule is CCc1ccc(-c2nc(CCCC(=O)NCCC(CC)c3ccccc3)c(C)o2)cc1. The van der Waals surface area contributed by atoms with Crippen molar-refractivity contribution in [1.29, 1.82) is 0 Å². The number of rotatable bonds is 11. The van der Waals surface area contributed by atoms with Crippen LogP contribution in [0.5, 0.6) is 0 Å². The van der Waals surface area contributed by atoms with Crippen LogP contribution in [0.2, 0.25) is 0 Å². The second kappa shape index (κ2) is 11.5. The van der Waals surface area contributed by atoms with Crippen LogP contribution in [0.4, 0.5) is 0 Å². The maximum atomic E-state index is 12.3. The minimum Gasteiger partial charge on any atom is -0.441 e. The van der Waals surface area contributed by atoms with Gasteiger partial charge in [0.25, 0.3) is 0 Å². The van der Waals surface area contributed by atoms with E-state index in [0.29, 0.717) is 24.8 Å². The Balaban J connectivity index is 1.42. The van der Waals surface area contributed by atoms with Gasteiger partial charge >= 0.3 is 0 Å². The molecule has 1 aromatic heterocycles. The van der Waals surface area contributed by atoms with Crippen LogP contribution in [0.1, 0.15) is 68.0 Å². The predicted octanol–water partition coefficient (Wildman–Crippen LogP) is 6.24. The number of oxazole rings is 1. The van der Waals surface area contributed by atoms with Crippen LogP contribution in [-0.4, -0.2) is 17.4 Å². The lowest BCUT2D eigenvalue weighted by molar-refractivity contribution is -0.121. The molecule has 2 aromatic carbocycles. The molecule has 0 aliphatic heterocycles. The van der Waals surface area contributed by atoms with Crippen molar-refractivity contribution in [3.63, 3.8) is 0 Å². The first kappa shape index (κ1) is 22.8. The first-order chi connectivity index (χ1) is 15.1. The summed E-state index contributed by atoms with van der Waals surface area (Å²) in [6, 6.07) is 18.9. The number of carbonyl (C=O) groups excluding carboxylic acids is 1. The van der Waals surface area contributed by atoms with Gasteiger partial charge in [-0.1, -0.05) is 56.3 Å². The Labute approximate surface area is 186 Å². The number of hydrogen-bond acceptors (Lipinski definition) is 3. The van der Waals surface area contributed by atoms with Crippen LogP contribution < -0.4 is 5.32 Å². The first-order valence-electron chi connectivity index (χ1n) is 11.5. The van der Waals surface area contributed by atoms with Crippen molar-refractivity contribution in [2.75, 3.05) is 6.54 Å². The number of aromatic nitrogens is 1. The average molecular weight is 419 g/mol. The van der Waals surface area contributed by atoms with Crippen LogP contribution in [-0.2, 0) is 17.6 Å². The first-order valence-corrected chi connectivity index (χ1v) is 11.5. The highest BCUT2D eigenvalue weighted by Crippen LogP contribution is 2.24. The summed E-state index contributed by atoms with van der Waals surface area (Å²) in [6.45, 7) is 7.00. The van der Waals surface area contributed by atoms with Gasteiger partial charge in [0.05, 0.1) is 5.69 Å². The molecule has 4 nitrogen and oxygen atoms in total. The van der Waals surface area contributed by atoms with E-state index >= 15 is 0 Å². The highest BCUT2D eigenvalue weighted by molar-refractivity contribution is 5.75. The average Bonchev–Trinajstić information content (AvgIpc) is 3.18. The summed E-state index contributed by atoms with van der Waals surface area (Å²) in [4.78, 5) is 16.9. The molecular formula is C27H34N2O2. The maximum Gasteiger partial charge on any atom is 0.226 e. The summed E-state index contributed by atoms with van der Waals surface area (Å²) < 4.78 is 5.87. The molecule has 4 heteroatoms. The number of hydrogen-bond donors (Lipinski definition) is 1. The topological polar surface area (TPSA) is 55.1 Å². The van der Waals surface area contributed by atoms with Crippen LogP contribution in [0.3, 0.4) is 0 Å².